The minimum absolute atomic E-state index is 0.289. The summed E-state index contributed by atoms with van der Waals surface area (Å²) in [6.45, 7) is 0. The van der Waals surface area contributed by atoms with Gasteiger partial charge in [0.05, 0.1) is 11.0 Å². The van der Waals surface area contributed by atoms with Gasteiger partial charge in [0, 0.05) is 3.57 Å². The van der Waals surface area contributed by atoms with Crippen LogP contribution in [0.15, 0.2) is 48.5 Å². The lowest BCUT2D eigenvalue weighted by atomic mass is 10.3. The van der Waals surface area contributed by atoms with Crippen molar-refractivity contribution in [1.29, 1.82) is 0 Å². The number of hydrogen-bond acceptors (Lipinski definition) is 4. The predicted octanol–water partition coefficient (Wildman–Crippen LogP) is 3.61. The molecule has 0 aliphatic carbocycles. The van der Waals surface area contributed by atoms with Crippen LogP contribution in [0, 0.1) is 3.57 Å². The van der Waals surface area contributed by atoms with Crippen LogP contribution in [0.4, 0.5) is 5.82 Å². The van der Waals surface area contributed by atoms with Gasteiger partial charge < -0.3 is 10.5 Å². The molecule has 4 nitrogen and oxygen atoms in total. The summed E-state index contributed by atoms with van der Waals surface area (Å²) in [5.41, 5.74) is 7.39. The van der Waals surface area contributed by atoms with Crippen LogP contribution in [-0.2, 0) is 0 Å². The maximum Gasteiger partial charge on any atom is 0.263 e. The Hall–Kier alpha value is -1.89. The number of benzene rings is 2. The molecule has 3 rings (SSSR count). The van der Waals surface area contributed by atoms with E-state index < -0.39 is 0 Å². The monoisotopic (exact) mass is 363 g/mol. The first-order valence-corrected chi connectivity index (χ1v) is 6.76. The summed E-state index contributed by atoms with van der Waals surface area (Å²) in [5.74, 6) is 1.32. The number of ether oxygens (including phenoxy) is 1. The molecule has 2 N–H and O–H groups in total. The van der Waals surface area contributed by atoms with Gasteiger partial charge in [0.25, 0.3) is 5.88 Å². The highest BCUT2D eigenvalue weighted by Crippen LogP contribution is 2.26. The van der Waals surface area contributed by atoms with Crippen molar-refractivity contribution >= 4 is 39.4 Å². The molecule has 0 aliphatic heterocycles. The average molecular weight is 363 g/mol. The summed E-state index contributed by atoms with van der Waals surface area (Å²) >= 11 is 2.22. The first-order valence-electron chi connectivity index (χ1n) is 5.68. The van der Waals surface area contributed by atoms with E-state index in [1.54, 1.807) is 0 Å². The molecule has 1 heterocycles. The first-order chi connectivity index (χ1) is 9.22. The van der Waals surface area contributed by atoms with Gasteiger partial charge >= 0.3 is 0 Å². The highest BCUT2D eigenvalue weighted by atomic mass is 127. The fourth-order valence-corrected chi connectivity index (χ4v) is 2.23. The van der Waals surface area contributed by atoms with Gasteiger partial charge in [0.15, 0.2) is 5.82 Å². The summed E-state index contributed by atoms with van der Waals surface area (Å²) < 4.78 is 6.78. The molecule has 94 valence electrons. The highest BCUT2D eigenvalue weighted by Gasteiger charge is 2.08. The van der Waals surface area contributed by atoms with Gasteiger partial charge in [-0.05, 0) is 52.9 Å². The summed E-state index contributed by atoms with van der Waals surface area (Å²) in [6.07, 6.45) is 0. The van der Waals surface area contributed by atoms with E-state index in [1.807, 2.05) is 48.5 Å². The Morgan fingerprint density at radius 2 is 1.68 bits per heavy atom. The fourth-order valence-electron chi connectivity index (χ4n) is 1.71. The number of halogens is 1. The van der Waals surface area contributed by atoms with Crippen molar-refractivity contribution in [2.24, 2.45) is 0 Å². The minimum Gasteiger partial charge on any atom is -0.436 e. The lowest BCUT2D eigenvalue weighted by Crippen LogP contribution is -1.99. The molecule has 2 aromatic carbocycles. The van der Waals surface area contributed by atoms with Crippen LogP contribution < -0.4 is 10.5 Å². The number of rotatable bonds is 2. The van der Waals surface area contributed by atoms with Gasteiger partial charge in [-0.1, -0.05) is 18.2 Å². The molecule has 0 amide bonds. The quantitative estimate of drug-likeness (QED) is 0.707. The molecule has 3 aromatic rings. The molecule has 0 radical (unpaired) electrons. The third-order valence-electron chi connectivity index (χ3n) is 2.57. The summed E-state index contributed by atoms with van der Waals surface area (Å²) in [5, 5.41) is 0. The van der Waals surface area contributed by atoms with Crippen LogP contribution in [0.1, 0.15) is 0 Å². The van der Waals surface area contributed by atoms with Crippen molar-refractivity contribution in [3.05, 3.63) is 52.1 Å². The smallest absolute Gasteiger partial charge is 0.263 e. The number of nitrogens with two attached hydrogens (primary N) is 1. The standard InChI is InChI=1S/C14H10IN3O/c15-9-4-3-5-10(8-9)19-14-13(16)17-11-6-1-2-7-12(11)18-14/h1-8H,(H2,16,17). The normalized spacial score (nSPS) is 10.6. The average Bonchev–Trinajstić information content (AvgIpc) is 2.40. The van der Waals surface area contributed by atoms with Crippen LogP contribution in [0.25, 0.3) is 11.0 Å². The van der Waals surface area contributed by atoms with Crippen molar-refractivity contribution in [3.63, 3.8) is 0 Å². The van der Waals surface area contributed by atoms with Gasteiger partial charge in [0.1, 0.15) is 5.75 Å². The number of fused-ring (bicyclic) bond motifs is 1. The van der Waals surface area contributed by atoms with Crippen molar-refractivity contribution in [1.82, 2.24) is 9.97 Å². The van der Waals surface area contributed by atoms with E-state index in [-0.39, 0.29) is 5.82 Å². The van der Waals surface area contributed by atoms with Crippen molar-refractivity contribution < 1.29 is 4.74 Å². The van der Waals surface area contributed by atoms with Crippen molar-refractivity contribution in [2.75, 3.05) is 5.73 Å². The first kappa shape index (κ1) is 12.2. The lowest BCUT2D eigenvalue weighted by Gasteiger charge is -2.08. The lowest BCUT2D eigenvalue weighted by molar-refractivity contribution is 0.465. The second-order valence-corrected chi connectivity index (χ2v) is 5.21. The molecule has 0 fully saturated rings. The number of nitrogens with zero attached hydrogens (tertiary/aromatic N) is 2. The highest BCUT2D eigenvalue weighted by molar-refractivity contribution is 14.1. The zero-order chi connectivity index (χ0) is 13.2. The maximum absolute atomic E-state index is 5.87. The largest absolute Gasteiger partial charge is 0.436 e. The number of para-hydroxylation sites is 2. The zero-order valence-electron chi connectivity index (χ0n) is 9.88. The summed E-state index contributed by atoms with van der Waals surface area (Å²) in [6, 6.07) is 15.2. The summed E-state index contributed by atoms with van der Waals surface area (Å²) in [7, 11) is 0. The number of nitrogen functional groups attached to an aromatic ring is 1. The van der Waals surface area contributed by atoms with Crippen molar-refractivity contribution in [2.45, 2.75) is 0 Å². The Balaban J connectivity index is 2.03. The second kappa shape index (κ2) is 5.00. The van der Waals surface area contributed by atoms with E-state index in [0.717, 1.165) is 14.6 Å². The molecule has 0 saturated heterocycles. The second-order valence-electron chi connectivity index (χ2n) is 3.96. The van der Waals surface area contributed by atoms with Crippen LogP contribution >= 0.6 is 22.6 Å². The van der Waals surface area contributed by atoms with Gasteiger partial charge in [-0.3, -0.25) is 0 Å². The van der Waals surface area contributed by atoms with E-state index in [9.17, 15) is 0 Å². The molecule has 1 aromatic heterocycles. The third kappa shape index (κ3) is 2.60. The molecule has 0 saturated carbocycles. The van der Waals surface area contributed by atoms with Crippen molar-refractivity contribution in [3.8, 4) is 11.6 Å². The zero-order valence-corrected chi connectivity index (χ0v) is 12.0. The summed E-state index contributed by atoms with van der Waals surface area (Å²) in [4.78, 5) is 8.67. The van der Waals surface area contributed by atoms with E-state index in [4.69, 9.17) is 10.5 Å². The van der Waals surface area contributed by atoms with Crippen LogP contribution in [0.2, 0.25) is 0 Å². The topological polar surface area (TPSA) is 61.0 Å². The van der Waals surface area contributed by atoms with E-state index in [0.29, 0.717) is 11.6 Å². The molecule has 19 heavy (non-hydrogen) atoms. The van der Waals surface area contributed by atoms with E-state index in [2.05, 4.69) is 32.6 Å². The molecular formula is C14H10IN3O. The Labute approximate surface area is 123 Å². The van der Waals surface area contributed by atoms with Crippen LogP contribution in [-0.4, -0.2) is 9.97 Å². The van der Waals surface area contributed by atoms with E-state index in [1.165, 1.54) is 0 Å². The van der Waals surface area contributed by atoms with Gasteiger partial charge in [-0.15, -0.1) is 0 Å². The molecule has 0 spiro atoms. The van der Waals surface area contributed by atoms with Gasteiger partial charge in [0.2, 0.25) is 0 Å². The molecule has 5 heteroatoms. The molecule has 0 bridgehead atoms. The Morgan fingerprint density at radius 3 is 2.42 bits per heavy atom. The SMILES string of the molecule is Nc1nc2ccccc2nc1Oc1cccc(I)c1. The number of aromatic nitrogens is 2. The Morgan fingerprint density at radius 1 is 0.947 bits per heavy atom. The molecule has 0 unspecified atom stereocenters. The van der Waals surface area contributed by atoms with Gasteiger partial charge in [-0.2, -0.15) is 0 Å². The Kier molecular flexibility index (Phi) is 3.20. The van der Waals surface area contributed by atoms with Crippen LogP contribution in [0.5, 0.6) is 11.6 Å². The van der Waals surface area contributed by atoms with Crippen LogP contribution in [0.3, 0.4) is 0 Å². The van der Waals surface area contributed by atoms with E-state index >= 15 is 0 Å². The third-order valence-corrected chi connectivity index (χ3v) is 3.25. The number of anilines is 1. The predicted molar refractivity (Wildman–Crippen MR) is 83.2 cm³/mol. The van der Waals surface area contributed by atoms with Gasteiger partial charge in [-0.25, -0.2) is 9.97 Å². The molecule has 0 atom stereocenters. The Bertz CT molecular complexity index is 746. The fraction of sp³-hybridized carbons (Fsp3) is 0. The molecule has 0 aliphatic rings. The molecular weight excluding hydrogens is 353 g/mol. The number of hydrogen-bond donors (Lipinski definition) is 1. The maximum atomic E-state index is 5.87. The minimum atomic E-state index is 0.289.